The van der Waals surface area contributed by atoms with Crippen molar-refractivity contribution in [1.29, 1.82) is 0 Å². The third-order valence-corrected chi connectivity index (χ3v) is 2.23. The van der Waals surface area contributed by atoms with E-state index < -0.39 is 12.6 Å². The van der Waals surface area contributed by atoms with Crippen molar-refractivity contribution >= 4 is 0 Å². The number of hydrogen-bond acceptors (Lipinski definition) is 0. The van der Waals surface area contributed by atoms with Crippen molar-refractivity contribution in [2.75, 3.05) is 0 Å². The van der Waals surface area contributed by atoms with E-state index in [1.54, 1.807) is 0 Å². The molecule has 0 aromatic carbocycles. The van der Waals surface area contributed by atoms with Gasteiger partial charge in [-0.05, 0) is 12.3 Å². The summed E-state index contributed by atoms with van der Waals surface area (Å²) in [6.45, 7) is 4.06. The highest BCUT2D eigenvalue weighted by Gasteiger charge is 2.26. The first-order valence-electron chi connectivity index (χ1n) is 4.56. The molecule has 0 heterocycles. The Bertz CT molecular complexity index is 103. The van der Waals surface area contributed by atoms with Gasteiger partial charge in [0.1, 0.15) is 0 Å². The van der Waals surface area contributed by atoms with Crippen molar-refractivity contribution in [1.82, 2.24) is 0 Å². The van der Waals surface area contributed by atoms with E-state index in [2.05, 4.69) is 0 Å². The smallest absolute Gasteiger partial charge is 0.171 e. The fourth-order valence-corrected chi connectivity index (χ4v) is 1.29. The first-order valence-corrected chi connectivity index (χ1v) is 4.56. The molecule has 0 nitrogen and oxygen atoms in total. The monoisotopic (exact) mass is 182 g/mol. The number of halogens is 3. The van der Waals surface area contributed by atoms with Gasteiger partial charge in [0.2, 0.25) is 0 Å². The molecule has 0 N–H and O–H groups in total. The molecule has 0 unspecified atom stereocenters. The van der Waals surface area contributed by atoms with Crippen LogP contribution < -0.4 is 0 Å². The Labute approximate surface area is 72.2 Å². The molecule has 0 aliphatic carbocycles. The zero-order valence-electron chi connectivity index (χ0n) is 7.75. The van der Waals surface area contributed by atoms with Gasteiger partial charge in [-0.2, -0.15) is 13.2 Å². The third-order valence-electron chi connectivity index (χ3n) is 2.23. The number of hydrogen-bond donors (Lipinski definition) is 0. The zero-order valence-corrected chi connectivity index (χ0v) is 7.75. The molecule has 0 amide bonds. The molecule has 0 atom stereocenters. The highest BCUT2D eigenvalue weighted by molar-refractivity contribution is 4.57. The number of alkyl halides is 3. The predicted molar refractivity (Wildman–Crippen MR) is 44.0 cm³/mol. The van der Waals surface area contributed by atoms with Gasteiger partial charge in [-0.3, -0.25) is 0 Å². The minimum absolute atomic E-state index is 0.288. The van der Waals surface area contributed by atoms with Gasteiger partial charge >= 0.3 is 6.18 Å². The molecule has 0 rings (SSSR count). The lowest BCUT2D eigenvalue weighted by Gasteiger charge is -2.12. The maximum Gasteiger partial charge on any atom is 0.389 e. The van der Waals surface area contributed by atoms with Crippen molar-refractivity contribution in [3.05, 3.63) is 0 Å². The lowest BCUT2D eigenvalue weighted by molar-refractivity contribution is -0.136. The Kier molecular flexibility index (Phi) is 5.34. The lowest BCUT2D eigenvalue weighted by Crippen LogP contribution is -2.08. The van der Waals surface area contributed by atoms with Crippen molar-refractivity contribution in [2.45, 2.75) is 52.1 Å². The molecule has 0 aromatic rings. The van der Waals surface area contributed by atoms with E-state index in [1.165, 1.54) is 0 Å². The van der Waals surface area contributed by atoms with Gasteiger partial charge in [-0.1, -0.05) is 33.1 Å². The van der Waals surface area contributed by atoms with Crippen molar-refractivity contribution in [3.8, 4) is 0 Å². The van der Waals surface area contributed by atoms with Crippen LogP contribution in [-0.2, 0) is 0 Å². The molecule has 3 heteroatoms. The Balaban J connectivity index is 3.41. The summed E-state index contributed by atoms with van der Waals surface area (Å²) in [6, 6.07) is 0. The SMILES string of the molecule is CCC(CC)CCCC(F)(F)F. The van der Waals surface area contributed by atoms with Crippen molar-refractivity contribution in [3.63, 3.8) is 0 Å². The van der Waals surface area contributed by atoms with Gasteiger partial charge in [-0.25, -0.2) is 0 Å². The Hall–Kier alpha value is -0.210. The van der Waals surface area contributed by atoms with Gasteiger partial charge < -0.3 is 0 Å². The second kappa shape index (κ2) is 5.44. The summed E-state index contributed by atoms with van der Waals surface area (Å²) in [5, 5.41) is 0. The molecular formula is C9H17F3. The molecule has 0 aliphatic heterocycles. The summed E-state index contributed by atoms with van der Waals surface area (Å²) in [7, 11) is 0. The highest BCUT2D eigenvalue weighted by Crippen LogP contribution is 2.25. The predicted octanol–water partition coefficient (Wildman–Crippen LogP) is 4.16. The maximum absolute atomic E-state index is 11.7. The third kappa shape index (κ3) is 6.50. The van der Waals surface area contributed by atoms with Crippen LogP contribution in [0.1, 0.15) is 46.0 Å². The average Bonchev–Trinajstić information content (AvgIpc) is 1.96. The average molecular weight is 182 g/mol. The van der Waals surface area contributed by atoms with Crippen LogP contribution in [0.4, 0.5) is 13.2 Å². The fourth-order valence-electron chi connectivity index (χ4n) is 1.29. The maximum atomic E-state index is 11.7. The minimum Gasteiger partial charge on any atom is -0.171 e. The van der Waals surface area contributed by atoms with Gasteiger partial charge in [-0.15, -0.1) is 0 Å². The standard InChI is InChI=1S/C9H17F3/c1-3-8(4-2)6-5-7-9(10,11)12/h8H,3-7H2,1-2H3. The second-order valence-electron chi connectivity index (χ2n) is 3.19. The van der Waals surface area contributed by atoms with Gasteiger partial charge in [0.15, 0.2) is 0 Å². The van der Waals surface area contributed by atoms with Crippen LogP contribution in [-0.4, -0.2) is 6.18 Å². The highest BCUT2D eigenvalue weighted by atomic mass is 19.4. The molecule has 0 aromatic heterocycles. The summed E-state index contributed by atoms with van der Waals surface area (Å²) in [6.07, 6.45) is -1.60. The molecule has 0 aliphatic rings. The largest absolute Gasteiger partial charge is 0.389 e. The van der Waals surface area contributed by atoms with Crippen molar-refractivity contribution in [2.24, 2.45) is 5.92 Å². The van der Waals surface area contributed by atoms with E-state index in [4.69, 9.17) is 0 Å². The van der Waals surface area contributed by atoms with Gasteiger partial charge in [0.25, 0.3) is 0 Å². The van der Waals surface area contributed by atoms with Crippen LogP contribution in [0.2, 0.25) is 0 Å². The van der Waals surface area contributed by atoms with E-state index in [9.17, 15) is 13.2 Å². The molecule has 0 saturated carbocycles. The molecule has 12 heavy (non-hydrogen) atoms. The summed E-state index contributed by atoms with van der Waals surface area (Å²) in [4.78, 5) is 0. The van der Waals surface area contributed by atoms with Gasteiger partial charge in [0, 0.05) is 6.42 Å². The van der Waals surface area contributed by atoms with Crippen LogP contribution in [0.15, 0.2) is 0 Å². The van der Waals surface area contributed by atoms with E-state index in [-0.39, 0.29) is 6.42 Å². The first kappa shape index (κ1) is 11.8. The molecular weight excluding hydrogens is 165 g/mol. The Morgan fingerprint density at radius 3 is 1.92 bits per heavy atom. The fraction of sp³-hybridized carbons (Fsp3) is 1.00. The van der Waals surface area contributed by atoms with E-state index in [0.29, 0.717) is 12.3 Å². The van der Waals surface area contributed by atoms with Crippen LogP contribution in [0.25, 0.3) is 0 Å². The quantitative estimate of drug-likeness (QED) is 0.599. The van der Waals surface area contributed by atoms with Crippen molar-refractivity contribution < 1.29 is 13.2 Å². The summed E-state index contributed by atoms with van der Waals surface area (Å²) in [5.41, 5.74) is 0. The molecule has 0 fully saturated rings. The van der Waals surface area contributed by atoms with Gasteiger partial charge in [0.05, 0.1) is 0 Å². The Morgan fingerprint density at radius 2 is 1.58 bits per heavy atom. The van der Waals surface area contributed by atoms with Crippen LogP contribution >= 0.6 is 0 Å². The zero-order chi connectivity index (χ0) is 9.61. The molecule has 74 valence electrons. The van der Waals surface area contributed by atoms with Crippen LogP contribution in [0.5, 0.6) is 0 Å². The second-order valence-corrected chi connectivity index (χ2v) is 3.19. The van der Waals surface area contributed by atoms with E-state index in [1.807, 2.05) is 13.8 Å². The summed E-state index contributed by atoms with van der Waals surface area (Å²) >= 11 is 0. The topological polar surface area (TPSA) is 0 Å². The van der Waals surface area contributed by atoms with E-state index in [0.717, 1.165) is 12.8 Å². The normalized spacial score (nSPS) is 12.5. The van der Waals surface area contributed by atoms with E-state index >= 15 is 0 Å². The molecule has 0 saturated heterocycles. The molecule has 0 radical (unpaired) electrons. The van der Waals surface area contributed by atoms with Crippen LogP contribution in [0.3, 0.4) is 0 Å². The van der Waals surface area contributed by atoms with Crippen LogP contribution in [0, 0.1) is 5.92 Å². The summed E-state index contributed by atoms with van der Waals surface area (Å²) < 4.78 is 35.1. The lowest BCUT2D eigenvalue weighted by atomic mass is 9.97. The Morgan fingerprint density at radius 1 is 1.08 bits per heavy atom. The minimum atomic E-state index is -3.97. The molecule has 0 spiro atoms. The first-order chi connectivity index (χ1) is 5.49. The number of rotatable bonds is 5. The summed E-state index contributed by atoms with van der Waals surface area (Å²) in [5.74, 6) is 0.479. The molecule has 0 bridgehead atoms.